The van der Waals surface area contributed by atoms with Gasteiger partial charge in [-0.25, -0.2) is 0 Å². The van der Waals surface area contributed by atoms with Crippen LogP contribution >= 0.6 is 0 Å². The normalized spacial score (nSPS) is 17.3. The largest absolute Gasteiger partial charge is 0.391 e. The summed E-state index contributed by atoms with van der Waals surface area (Å²) >= 11 is 0. The van der Waals surface area contributed by atoms with Crippen molar-refractivity contribution in [1.29, 1.82) is 0 Å². The zero-order chi connectivity index (χ0) is 10.3. The van der Waals surface area contributed by atoms with Crippen molar-refractivity contribution in [3.05, 3.63) is 11.3 Å². The number of aromatic nitrogens is 2. The summed E-state index contributed by atoms with van der Waals surface area (Å²) in [5.74, 6) is 0.926. The molecule has 0 saturated carbocycles. The van der Waals surface area contributed by atoms with E-state index in [4.69, 9.17) is 0 Å². The van der Waals surface area contributed by atoms with Crippen molar-refractivity contribution in [2.75, 3.05) is 18.0 Å². The molecule has 1 aromatic rings. The van der Waals surface area contributed by atoms with Crippen molar-refractivity contribution in [2.45, 2.75) is 19.6 Å². The van der Waals surface area contributed by atoms with Crippen molar-refractivity contribution in [3.8, 4) is 0 Å². The topological polar surface area (TPSA) is 61.5 Å². The van der Waals surface area contributed by atoms with Crippen LogP contribution in [0, 0.1) is 6.92 Å². The Bertz CT molecular complexity index is 342. The molecule has 0 bridgehead atoms. The average molecular weight is 197 g/mol. The molecule has 1 fully saturated rings. The number of aryl methyl sites for hydroxylation is 2. The molecule has 2 heterocycles. The quantitative estimate of drug-likeness (QED) is 0.664. The van der Waals surface area contributed by atoms with Gasteiger partial charge in [-0.1, -0.05) is 0 Å². The fourth-order valence-corrected chi connectivity index (χ4v) is 1.90. The van der Waals surface area contributed by atoms with E-state index in [0.717, 1.165) is 17.1 Å². The van der Waals surface area contributed by atoms with Crippen LogP contribution in [0.15, 0.2) is 0 Å². The second-order valence-electron chi connectivity index (χ2n) is 3.73. The molecule has 2 N–H and O–H groups in total. The first kappa shape index (κ1) is 9.48. The van der Waals surface area contributed by atoms with Crippen LogP contribution < -0.4 is 4.90 Å². The number of nitrogens with zero attached hydrogens (tertiary/aromatic N) is 3. The zero-order valence-corrected chi connectivity index (χ0v) is 8.43. The molecule has 5 heteroatoms. The summed E-state index contributed by atoms with van der Waals surface area (Å²) < 4.78 is 1.76. The molecule has 1 aliphatic rings. The molecule has 78 valence electrons. The number of anilines is 1. The van der Waals surface area contributed by atoms with Gasteiger partial charge in [-0.15, -0.1) is 0 Å². The molecule has 0 atom stereocenters. The van der Waals surface area contributed by atoms with E-state index in [1.165, 1.54) is 0 Å². The molecule has 1 saturated heterocycles. The first-order valence-electron chi connectivity index (χ1n) is 4.69. The highest BCUT2D eigenvalue weighted by Gasteiger charge is 2.29. The molecule has 0 spiro atoms. The van der Waals surface area contributed by atoms with Gasteiger partial charge in [-0.05, 0) is 6.92 Å². The van der Waals surface area contributed by atoms with Gasteiger partial charge in [0.25, 0.3) is 0 Å². The summed E-state index contributed by atoms with van der Waals surface area (Å²) in [5, 5.41) is 22.7. The lowest BCUT2D eigenvalue weighted by Gasteiger charge is -2.38. The van der Waals surface area contributed by atoms with E-state index in [1.54, 1.807) is 4.68 Å². The third-order valence-corrected chi connectivity index (χ3v) is 2.63. The predicted octanol–water partition coefficient (Wildman–Crippen LogP) is -0.598. The highest BCUT2D eigenvalue weighted by molar-refractivity contribution is 5.52. The lowest BCUT2D eigenvalue weighted by molar-refractivity contribution is 0.140. The molecule has 0 radical (unpaired) electrons. The highest BCUT2D eigenvalue weighted by atomic mass is 16.3. The minimum absolute atomic E-state index is 0.00159. The van der Waals surface area contributed by atoms with Gasteiger partial charge in [0.2, 0.25) is 0 Å². The maximum Gasteiger partial charge on any atom is 0.132 e. The fraction of sp³-hybridized carbons (Fsp3) is 0.667. The molecule has 14 heavy (non-hydrogen) atoms. The Hall–Kier alpha value is -1.07. The van der Waals surface area contributed by atoms with E-state index in [1.807, 2.05) is 18.9 Å². The number of rotatable bonds is 2. The van der Waals surface area contributed by atoms with Crippen molar-refractivity contribution in [1.82, 2.24) is 9.78 Å². The van der Waals surface area contributed by atoms with Crippen molar-refractivity contribution in [2.24, 2.45) is 7.05 Å². The molecule has 0 unspecified atom stereocenters. The van der Waals surface area contributed by atoms with Gasteiger partial charge in [-0.3, -0.25) is 4.68 Å². The van der Waals surface area contributed by atoms with Gasteiger partial charge in [0.1, 0.15) is 5.82 Å². The summed E-state index contributed by atoms with van der Waals surface area (Å²) in [4.78, 5) is 2.02. The van der Waals surface area contributed by atoms with Gasteiger partial charge in [0.05, 0.1) is 18.4 Å². The van der Waals surface area contributed by atoms with Gasteiger partial charge in [0.15, 0.2) is 0 Å². The van der Waals surface area contributed by atoms with Crippen molar-refractivity contribution < 1.29 is 10.2 Å². The maximum atomic E-state index is 9.21. The lowest BCUT2D eigenvalue weighted by Crippen LogP contribution is -2.51. The second kappa shape index (κ2) is 3.25. The van der Waals surface area contributed by atoms with Gasteiger partial charge < -0.3 is 15.1 Å². The molecule has 2 rings (SSSR count). The number of aliphatic hydroxyl groups is 2. The van der Waals surface area contributed by atoms with E-state index in [9.17, 15) is 10.2 Å². The Morgan fingerprint density at radius 2 is 2.14 bits per heavy atom. The molecule has 1 aliphatic heterocycles. The Labute approximate surface area is 82.6 Å². The molecule has 5 nitrogen and oxygen atoms in total. The van der Waals surface area contributed by atoms with E-state index in [-0.39, 0.29) is 12.7 Å². The SMILES string of the molecule is Cc1nn(C)c(N2CC(O)C2)c1CO. The summed E-state index contributed by atoms with van der Waals surface area (Å²) in [7, 11) is 1.85. The summed E-state index contributed by atoms with van der Waals surface area (Å²) in [6.45, 7) is 3.14. The van der Waals surface area contributed by atoms with Crippen molar-refractivity contribution >= 4 is 5.82 Å². The van der Waals surface area contributed by atoms with Crippen LogP contribution in [0.3, 0.4) is 0 Å². The summed E-state index contributed by atoms with van der Waals surface area (Å²) in [6.07, 6.45) is -0.239. The molecular formula is C9H15N3O2. The van der Waals surface area contributed by atoms with E-state index < -0.39 is 0 Å². The third-order valence-electron chi connectivity index (χ3n) is 2.63. The van der Waals surface area contributed by atoms with Gasteiger partial charge in [0, 0.05) is 25.7 Å². The highest BCUT2D eigenvalue weighted by Crippen LogP contribution is 2.26. The Morgan fingerprint density at radius 3 is 2.64 bits per heavy atom. The summed E-state index contributed by atoms with van der Waals surface area (Å²) in [6, 6.07) is 0. The van der Waals surface area contributed by atoms with Crippen LogP contribution in [0.2, 0.25) is 0 Å². The number of β-amino-alcohol motifs (C(OH)–C–C–N with tert-alkyl or cyclic N) is 1. The van der Waals surface area contributed by atoms with Crippen LogP contribution in [0.1, 0.15) is 11.3 Å². The first-order chi connectivity index (χ1) is 6.63. The predicted molar refractivity (Wildman–Crippen MR) is 52.1 cm³/mol. The maximum absolute atomic E-state index is 9.21. The average Bonchev–Trinajstić information content (AvgIpc) is 2.35. The monoisotopic (exact) mass is 197 g/mol. The molecule has 0 aromatic carbocycles. The number of hydrogen-bond acceptors (Lipinski definition) is 4. The second-order valence-corrected chi connectivity index (χ2v) is 3.73. The third kappa shape index (κ3) is 1.29. The Morgan fingerprint density at radius 1 is 1.50 bits per heavy atom. The van der Waals surface area contributed by atoms with Crippen LogP contribution in [0.5, 0.6) is 0 Å². The molecule has 1 aromatic heterocycles. The fourth-order valence-electron chi connectivity index (χ4n) is 1.90. The van der Waals surface area contributed by atoms with Crippen LogP contribution in [-0.4, -0.2) is 39.2 Å². The zero-order valence-electron chi connectivity index (χ0n) is 8.43. The molecule has 0 amide bonds. The van der Waals surface area contributed by atoms with E-state index in [0.29, 0.717) is 13.1 Å². The Kier molecular flexibility index (Phi) is 2.20. The first-order valence-corrected chi connectivity index (χ1v) is 4.69. The van der Waals surface area contributed by atoms with E-state index >= 15 is 0 Å². The van der Waals surface area contributed by atoms with Crippen LogP contribution in [0.25, 0.3) is 0 Å². The smallest absolute Gasteiger partial charge is 0.132 e. The van der Waals surface area contributed by atoms with Crippen LogP contribution in [0.4, 0.5) is 5.82 Å². The van der Waals surface area contributed by atoms with Crippen molar-refractivity contribution in [3.63, 3.8) is 0 Å². The van der Waals surface area contributed by atoms with Crippen LogP contribution in [-0.2, 0) is 13.7 Å². The Balaban J connectivity index is 2.31. The standard InChI is InChI=1S/C9H15N3O2/c1-6-8(5-13)9(11(2)10-6)12-3-7(14)4-12/h7,13-14H,3-5H2,1-2H3. The van der Waals surface area contributed by atoms with Gasteiger partial charge >= 0.3 is 0 Å². The summed E-state index contributed by atoms with van der Waals surface area (Å²) in [5.41, 5.74) is 1.71. The number of hydrogen-bond donors (Lipinski definition) is 2. The van der Waals surface area contributed by atoms with Gasteiger partial charge in [-0.2, -0.15) is 5.10 Å². The lowest BCUT2D eigenvalue weighted by atomic mass is 10.1. The molecule has 0 aliphatic carbocycles. The van der Waals surface area contributed by atoms with E-state index in [2.05, 4.69) is 5.10 Å². The minimum Gasteiger partial charge on any atom is -0.391 e. The minimum atomic E-state index is -0.239. The number of aliphatic hydroxyl groups excluding tert-OH is 2. The molecular weight excluding hydrogens is 182 g/mol.